The Morgan fingerprint density at radius 1 is 1.09 bits per heavy atom. The van der Waals surface area contributed by atoms with Crippen molar-refractivity contribution < 1.29 is 10.0 Å². The van der Waals surface area contributed by atoms with Crippen LogP contribution in [0.15, 0.2) is 61.1 Å². The number of nitrogens with zero attached hydrogens (tertiary/aromatic N) is 4. The van der Waals surface area contributed by atoms with Crippen LogP contribution in [0, 0.1) is 0 Å². The van der Waals surface area contributed by atoms with Crippen molar-refractivity contribution in [3.8, 4) is 21.8 Å². The molecular formula is C24H21Cl2N5O2S. The highest BCUT2D eigenvalue weighted by Crippen LogP contribution is 2.41. The summed E-state index contributed by atoms with van der Waals surface area (Å²) in [5, 5.41) is 15.3. The molecule has 0 aliphatic heterocycles. The van der Waals surface area contributed by atoms with Crippen LogP contribution in [0.5, 0.6) is 0 Å². The molecule has 2 aromatic carbocycles. The van der Waals surface area contributed by atoms with Crippen molar-refractivity contribution in [2.24, 2.45) is 0 Å². The number of aromatic nitrogens is 3. The zero-order chi connectivity index (χ0) is 24.5. The fourth-order valence-corrected chi connectivity index (χ4v) is 4.51. The van der Waals surface area contributed by atoms with E-state index in [-0.39, 0.29) is 11.1 Å². The van der Waals surface area contributed by atoms with E-state index in [1.165, 1.54) is 12.4 Å². The molecule has 0 radical (unpaired) electrons. The van der Waals surface area contributed by atoms with Crippen LogP contribution < -0.4 is 10.4 Å². The van der Waals surface area contributed by atoms with Gasteiger partial charge in [0.25, 0.3) is 0 Å². The number of benzene rings is 2. The molecule has 0 bridgehead atoms. The summed E-state index contributed by atoms with van der Waals surface area (Å²) in [7, 11) is 0. The first-order valence-electron chi connectivity index (χ1n) is 10.3. The summed E-state index contributed by atoms with van der Waals surface area (Å²) in [5.74, 6) is 0. The number of hydrogen-bond donors (Lipinski definition) is 2. The molecular weight excluding hydrogens is 493 g/mol. The van der Waals surface area contributed by atoms with E-state index in [0.29, 0.717) is 26.5 Å². The Bertz CT molecular complexity index is 1340. The fraction of sp³-hybridized carbons (Fsp3) is 0.167. The highest BCUT2D eigenvalue weighted by atomic mass is 35.5. The van der Waals surface area contributed by atoms with Crippen molar-refractivity contribution in [3.05, 3.63) is 76.1 Å². The summed E-state index contributed by atoms with van der Waals surface area (Å²) in [6.07, 6.45) is 3.15. The van der Waals surface area contributed by atoms with Crippen molar-refractivity contribution in [2.75, 3.05) is 10.4 Å². The second kappa shape index (κ2) is 9.68. The number of carbonyl (C=O) groups excluding carboxylic acids is 1. The second-order valence-corrected chi connectivity index (χ2v) is 10.3. The van der Waals surface area contributed by atoms with Crippen molar-refractivity contribution >= 4 is 51.9 Å². The molecule has 2 amide bonds. The van der Waals surface area contributed by atoms with Crippen molar-refractivity contribution in [3.63, 3.8) is 0 Å². The highest BCUT2D eigenvalue weighted by Gasteiger charge is 2.24. The predicted molar refractivity (Wildman–Crippen MR) is 137 cm³/mol. The highest BCUT2D eigenvalue weighted by molar-refractivity contribution is 7.15. The monoisotopic (exact) mass is 513 g/mol. The normalized spacial score (nSPS) is 11.4. The quantitative estimate of drug-likeness (QED) is 0.220. The summed E-state index contributed by atoms with van der Waals surface area (Å²) >= 11 is 13.5. The van der Waals surface area contributed by atoms with Crippen LogP contribution in [-0.2, 0) is 5.41 Å². The third kappa shape index (κ3) is 5.20. The number of halogens is 2. The van der Waals surface area contributed by atoms with E-state index in [0.717, 1.165) is 21.1 Å². The number of hydroxylamine groups is 1. The van der Waals surface area contributed by atoms with Crippen LogP contribution in [0.1, 0.15) is 25.8 Å². The van der Waals surface area contributed by atoms with Gasteiger partial charge in [-0.3, -0.25) is 5.21 Å². The number of rotatable bonds is 4. The first kappa shape index (κ1) is 24.1. The zero-order valence-corrected chi connectivity index (χ0v) is 20.9. The molecule has 4 rings (SSSR count). The Balaban J connectivity index is 1.67. The van der Waals surface area contributed by atoms with Crippen molar-refractivity contribution in [2.45, 2.75) is 26.2 Å². The Kier molecular flexibility index (Phi) is 6.86. The number of anilines is 2. The lowest BCUT2D eigenvalue weighted by Gasteiger charge is -2.17. The minimum atomic E-state index is -0.744. The van der Waals surface area contributed by atoms with E-state index >= 15 is 0 Å². The third-order valence-corrected chi connectivity index (χ3v) is 7.08. The molecule has 0 atom stereocenters. The van der Waals surface area contributed by atoms with Crippen LogP contribution in [-0.4, -0.2) is 26.2 Å². The molecule has 0 saturated carbocycles. The van der Waals surface area contributed by atoms with Gasteiger partial charge in [0.1, 0.15) is 12.0 Å². The maximum absolute atomic E-state index is 12.6. The first-order valence-corrected chi connectivity index (χ1v) is 11.8. The van der Waals surface area contributed by atoms with Crippen LogP contribution >= 0.6 is 34.5 Å². The number of amides is 2. The van der Waals surface area contributed by atoms with Gasteiger partial charge in [-0.25, -0.2) is 19.7 Å². The Labute approximate surface area is 211 Å². The lowest BCUT2D eigenvalue weighted by atomic mass is 9.98. The van der Waals surface area contributed by atoms with Gasteiger partial charge in [-0.05, 0) is 42.0 Å². The Morgan fingerprint density at radius 2 is 1.88 bits per heavy atom. The predicted octanol–water partition coefficient (Wildman–Crippen LogP) is 7.30. The summed E-state index contributed by atoms with van der Waals surface area (Å²) in [6.45, 7) is 6.29. The molecule has 0 spiro atoms. The van der Waals surface area contributed by atoms with E-state index in [1.807, 2.05) is 6.07 Å². The van der Waals surface area contributed by atoms with Crippen LogP contribution in [0.3, 0.4) is 0 Å². The molecule has 4 aromatic rings. The lowest BCUT2D eigenvalue weighted by molar-refractivity contribution is 0.216. The van der Waals surface area contributed by atoms with Gasteiger partial charge in [-0.2, -0.15) is 5.06 Å². The number of nitrogens with one attached hydrogen (secondary N) is 1. The van der Waals surface area contributed by atoms with Gasteiger partial charge in [-0.1, -0.05) is 56.1 Å². The molecule has 0 aliphatic carbocycles. The van der Waals surface area contributed by atoms with Gasteiger partial charge in [0.15, 0.2) is 0 Å². The standard InChI is InChI=1S/C24H21Cl2N5O2S/c1-24(2,3)22-30-20(19-9-10-27-13-28-19)21(34-22)14-5-4-6-16(11-14)31(33)23(32)29-15-7-8-17(25)18(26)12-15/h4-13,33H,1-3H3,(H,29,32). The maximum Gasteiger partial charge on any atom is 0.350 e. The Hall–Kier alpha value is -3.04. The van der Waals surface area contributed by atoms with Gasteiger partial charge >= 0.3 is 6.03 Å². The molecule has 10 heteroatoms. The van der Waals surface area contributed by atoms with Crippen molar-refractivity contribution in [1.29, 1.82) is 0 Å². The average Bonchev–Trinajstić information content (AvgIpc) is 3.28. The minimum absolute atomic E-state index is 0.162. The smallest absolute Gasteiger partial charge is 0.306 e. The van der Waals surface area contributed by atoms with Gasteiger partial charge in [0, 0.05) is 17.3 Å². The number of hydrogen-bond acceptors (Lipinski definition) is 6. The topological polar surface area (TPSA) is 91.2 Å². The maximum atomic E-state index is 12.6. The molecule has 0 aliphatic rings. The molecule has 0 unspecified atom stereocenters. The van der Waals surface area contributed by atoms with Gasteiger partial charge in [0.05, 0.1) is 31.3 Å². The van der Waals surface area contributed by atoms with Gasteiger partial charge in [0.2, 0.25) is 0 Å². The van der Waals surface area contributed by atoms with Gasteiger partial charge in [-0.15, -0.1) is 11.3 Å². The molecule has 0 saturated heterocycles. The SMILES string of the molecule is CC(C)(C)c1nc(-c2ccncn2)c(-c2cccc(N(O)C(=O)Nc3ccc(Cl)c(Cl)c3)c2)s1. The molecule has 0 fully saturated rings. The number of thiazole rings is 1. The third-order valence-electron chi connectivity index (χ3n) is 4.81. The summed E-state index contributed by atoms with van der Waals surface area (Å²) in [5.41, 5.74) is 2.73. The van der Waals surface area contributed by atoms with E-state index in [4.69, 9.17) is 28.2 Å². The molecule has 2 N–H and O–H groups in total. The number of carbonyl (C=O) groups is 1. The largest absolute Gasteiger partial charge is 0.350 e. The molecule has 2 aromatic heterocycles. The second-order valence-electron chi connectivity index (χ2n) is 8.46. The molecule has 2 heterocycles. The number of urea groups is 1. The van der Waals surface area contributed by atoms with E-state index in [2.05, 4.69) is 36.1 Å². The molecule has 7 nitrogen and oxygen atoms in total. The molecule has 34 heavy (non-hydrogen) atoms. The first-order chi connectivity index (χ1) is 16.1. The minimum Gasteiger partial charge on any atom is -0.306 e. The van der Waals surface area contributed by atoms with Gasteiger partial charge < -0.3 is 5.32 Å². The van der Waals surface area contributed by atoms with Crippen LogP contribution in [0.2, 0.25) is 10.0 Å². The Morgan fingerprint density at radius 3 is 2.56 bits per heavy atom. The van der Waals surface area contributed by atoms with E-state index < -0.39 is 6.03 Å². The zero-order valence-electron chi connectivity index (χ0n) is 18.6. The summed E-state index contributed by atoms with van der Waals surface area (Å²) in [6, 6.07) is 12.7. The molecule has 174 valence electrons. The van der Waals surface area contributed by atoms with E-state index in [1.54, 1.807) is 53.9 Å². The summed E-state index contributed by atoms with van der Waals surface area (Å²) in [4.78, 5) is 26.7. The van der Waals surface area contributed by atoms with Crippen LogP contribution in [0.25, 0.3) is 21.8 Å². The summed E-state index contributed by atoms with van der Waals surface area (Å²) < 4.78 is 0. The van der Waals surface area contributed by atoms with E-state index in [9.17, 15) is 10.0 Å². The fourth-order valence-electron chi connectivity index (χ4n) is 3.09. The van der Waals surface area contributed by atoms with Crippen molar-refractivity contribution in [1.82, 2.24) is 15.0 Å². The lowest BCUT2D eigenvalue weighted by Crippen LogP contribution is -2.31. The van der Waals surface area contributed by atoms with Crippen LogP contribution in [0.4, 0.5) is 16.2 Å². The average molecular weight is 514 g/mol.